The fraction of sp³-hybridized carbons (Fsp3) is 0.235. The first-order valence-corrected chi connectivity index (χ1v) is 8.31. The highest BCUT2D eigenvalue weighted by molar-refractivity contribution is 6.03. The van der Waals surface area contributed by atoms with E-state index in [0.29, 0.717) is 6.07 Å². The van der Waals surface area contributed by atoms with Gasteiger partial charge in [0.1, 0.15) is 5.69 Å². The second kappa shape index (κ2) is 7.67. The fourth-order valence-electron chi connectivity index (χ4n) is 2.73. The van der Waals surface area contributed by atoms with E-state index in [1.54, 1.807) is 5.10 Å². The number of hydrogen-bond donors (Lipinski definition) is 2. The number of carbonyl (C=O) groups is 1. The summed E-state index contributed by atoms with van der Waals surface area (Å²) in [6.45, 7) is 1.80. The Balaban J connectivity index is 1.90. The largest absolute Gasteiger partial charge is 0.432 e. The van der Waals surface area contributed by atoms with Crippen molar-refractivity contribution < 1.29 is 39.9 Å². The lowest BCUT2D eigenvalue weighted by Crippen LogP contribution is -2.15. The summed E-state index contributed by atoms with van der Waals surface area (Å²) in [5.41, 5.74) is -2.93. The SMILES string of the molecule is Cc1nn(Cc2c(F)c(F)c(F)c(F)c2F)c(C)c1NC(=O)c1cc(C(F)(F)F)[nH]n1. The molecule has 31 heavy (non-hydrogen) atoms. The molecular formula is C17H11F8N5O. The molecule has 0 aliphatic carbocycles. The Labute approximate surface area is 167 Å². The number of benzene rings is 1. The van der Waals surface area contributed by atoms with Crippen molar-refractivity contribution in [3.63, 3.8) is 0 Å². The normalized spacial score (nSPS) is 11.8. The van der Waals surface area contributed by atoms with E-state index in [2.05, 4.69) is 15.5 Å². The number of aromatic nitrogens is 4. The standard InChI is InChI=1S/C17H11F8N5O/c1-5-15(26-16(31)8-3-9(28-27-8)17(23,24)25)6(2)30(29-5)4-7-10(18)12(20)14(22)13(21)11(7)19/h3H,4H2,1-2H3,(H,26,31)(H,27,28). The highest BCUT2D eigenvalue weighted by atomic mass is 19.4. The number of anilines is 1. The molecule has 3 rings (SSSR count). The number of amides is 1. The van der Waals surface area contributed by atoms with E-state index in [1.807, 2.05) is 0 Å². The van der Waals surface area contributed by atoms with Crippen LogP contribution in [0, 0.1) is 42.9 Å². The molecule has 0 saturated heterocycles. The summed E-state index contributed by atoms with van der Waals surface area (Å²) < 4.78 is 107. The molecule has 2 N–H and O–H groups in total. The van der Waals surface area contributed by atoms with Gasteiger partial charge in [0, 0.05) is 6.07 Å². The first kappa shape index (κ1) is 22.2. The molecule has 2 heterocycles. The van der Waals surface area contributed by atoms with Gasteiger partial charge in [0.15, 0.2) is 29.0 Å². The van der Waals surface area contributed by atoms with Crippen LogP contribution in [0.25, 0.3) is 0 Å². The van der Waals surface area contributed by atoms with Crippen molar-refractivity contribution in [2.24, 2.45) is 0 Å². The van der Waals surface area contributed by atoms with Crippen LogP contribution in [-0.4, -0.2) is 25.9 Å². The second-order valence-electron chi connectivity index (χ2n) is 6.37. The number of aromatic amines is 1. The highest BCUT2D eigenvalue weighted by Gasteiger charge is 2.34. The molecule has 0 radical (unpaired) electrons. The maximum atomic E-state index is 13.9. The van der Waals surface area contributed by atoms with Gasteiger partial charge in [0.25, 0.3) is 5.91 Å². The van der Waals surface area contributed by atoms with Crippen LogP contribution in [0.1, 0.15) is 33.1 Å². The third-order valence-corrected chi connectivity index (χ3v) is 4.34. The van der Waals surface area contributed by atoms with Crippen LogP contribution in [0.5, 0.6) is 0 Å². The van der Waals surface area contributed by atoms with Crippen molar-refractivity contribution in [3.8, 4) is 0 Å². The molecule has 0 aliphatic rings. The summed E-state index contributed by atoms with van der Waals surface area (Å²) in [6.07, 6.45) is -4.75. The van der Waals surface area contributed by atoms with Gasteiger partial charge >= 0.3 is 6.18 Å². The van der Waals surface area contributed by atoms with Crippen molar-refractivity contribution >= 4 is 11.6 Å². The van der Waals surface area contributed by atoms with Gasteiger partial charge in [0.05, 0.1) is 29.2 Å². The third-order valence-electron chi connectivity index (χ3n) is 4.34. The molecule has 1 amide bonds. The maximum Gasteiger partial charge on any atom is 0.432 e. The summed E-state index contributed by atoms with van der Waals surface area (Å²) in [6, 6.07) is 0.471. The van der Waals surface area contributed by atoms with E-state index in [4.69, 9.17) is 0 Å². The van der Waals surface area contributed by atoms with Crippen molar-refractivity contribution in [3.05, 3.63) is 63.5 Å². The van der Waals surface area contributed by atoms with Crippen molar-refractivity contribution in [2.45, 2.75) is 26.6 Å². The number of aryl methyl sites for hydroxylation is 1. The molecule has 0 fully saturated rings. The molecule has 0 spiro atoms. The van der Waals surface area contributed by atoms with Crippen LogP contribution in [0.4, 0.5) is 40.8 Å². The Morgan fingerprint density at radius 2 is 1.58 bits per heavy atom. The lowest BCUT2D eigenvalue weighted by atomic mass is 10.1. The Kier molecular flexibility index (Phi) is 5.50. The number of H-pyrrole nitrogens is 1. The average Bonchev–Trinajstić information content (AvgIpc) is 3.29. The lowest BCUT2D eigenvalue weighted by molar-refractivity contribution is -0.141. The Morgan fingerprint density at radius 1 is 1.03 bits per heavy atom. The minimum Gasteiger partial charge on any atom is -0.317 e. The van der Waals surface area contributed by atoms with Crippen LogP contribution in [0.2, 0.25) is 0 Å². The second-order valence-corrected chi connectivity index (χ2v) is 6.37. The van der Waals surface area contributed by atoms with E-state index >= 15 is 0 Å². The zero-order chi connectivity index (χ0) is 23.2. The summed E-state index contributed by atoms with van der Waals surface area (Å²) >= 11 is 0. The number of halogens is 8. The molecule has 6 nitrogen and oxygen atoms in total. The molecule has 3 aromatic rings. The predicted molar refractivity (Wildman–Crippen MR) is 88.6 cm³/mol. The number of rotatable bonds is 4. The smallest absolute Gasteiger partial charge is 0.317 e. The molecule has 0 atom stereocenters. The third kappa shape index (κ3) is 3.96. The number of alkyl halides is 3. The predicted octanol–water partition coefficient (Wildman–Crippen LogP) is 4.24. The van der Waals surface area contributed by atoms with Gasteiger partial charge in [-0.3, -0.25) is 14.6 Å². The van der Waals surface area contributed by atoms with E-state index in [-0.39, 0.29) is 17.1 Å². The van der Waals surface area contributed by atoms with Gasteiger partial charge in [-0.15, -0.1) is 0 Å². The van der Waals surface area contributed by atoms with Gasteiger partial charge in [-0.2, -0.15) is 23.4 Å². The quantitative estimate of drug-likeness (QED) is 0.353. The Morgan fingerprint density at radius 3 is 2.10 bits per heavy atom. The monoisotopic (exact) mass is 453 g/mol. The summed E-state index contributed by atoms with van der Waals surface area (Å²) in [7, 11) is 0. The maximum absolute atomic E-state index is 13.9. The van der Waals surface area contributed by atoms with Gasteiger partial charge in [-0.25, -0.2) is 22.0 Å². The van der Waals surface area contributed by atoms with Gasteiger partial charge in [-0.1, -0.05) is 0 Å². The first-order chi connectivity index (χ1) is 14.3. The number of nitrogens with one attached hydrogen (secondary N) is 2. The fourth-order valence-corrected chi connectivity index (χ4v) is 2.73. The van der Waals surface area contributed by atoms with E-state index in [1.165, 1.54) is 13.8 Å². The summed E-state index contributed by atoms with van der Waals surface area (Å²) in [4.78, 5) is 12.2. The van der Waals surface area contributed by atoms with Gasteiger partial charge < -0.3 is 5.32 Å². The van der Waals surface area contributed by atoms with Crippen LogP contribution in [0.15, 0.2) is 6.07 Å². The van der Waals surface area contributed by atoms with E-state index in [0.717, 1.165) is 4.68 Å². The molecule has 0 unspecified atom stereocenters. The van der Waals surface area contributed by atoms with Crippen LogP contribution >= 0.6 is 0 Å². The molecule has 0 saturated carbocycles. The zero-order valence-electron chi connectivity index (χ0n) is 15.6. The average molecular weight is 453 g/mol. The zero-order valence-corrected chi connectivity index (χ0v) is 15.6. The van der Waals surface area contributed by atoms with Crippen LogP contribution in [-0.2, 0) is 12.7 Å². The molecule has 2 aromatic heterocycles. The number of nitrogens with zero attached hydrogens (tertiary/aromatic N) is 3. The molecular weight excluding hydrogens is 442 g/mol. The molecule has 166 valence electrons. The topological polar surface area (TPSA) is 75.6 Å². The summed E-state index contributed by atoms with van der Waals surface area (Å²) in [5, 5.41) is 11.1. The Bertz CT molecular complexity index is 1150. The number of carbonyl (C=O) groups excluding carboxylic acids is 1. The van der Waals surface area contributed by atoms with Crippen LogP contribution in [0.3, 0.4) is 0 Å². The van der Waals surface area contributed by atoms with Crippen LogP contribution < -0.4 is 5.32 Å². The number of hydrogen-bond acceptors (Lipinski definition) is 3. The Hall–Kier alpha value is -3.45. The van der Waals surface area contributed by atoms with E-state index in [9.17, 15) is 39.9 Å². The minimum absolute atomic E-state index is 0.0366. The molecule has 0 bridgehead atoms. The first-order valence-electron chi connectivity index (χ1n) is 8.31. The van der Waals surface area contributed by atoms with Gasteiger partial charge in [-0.05, 0) is 13.8 Å². The minimum atomic E-state index is -4.75. The van der Waals surface area contributed by atoms with E-state index < -0.39 is 64.7 Å². The van der Waals surface area contributed by atoms with Crippen molar-refractivity contribution in [1.82, 2.24) is 20.0 Å². The molecule has 14 heteroatoms. The van der Waals surface area contributed by atoms with Gasteiger partial charge in [0.2, 0.25) is 5.82 Å². The highest BCUT2D eigenvalue weighted by Crippen LogP contribution is 2.29. The summed E-state index contributed by atoms with van der Waals surface area (Å²) in [5.74, 6) is -11.7. The molecule has 1 aromatic carbocycles. The lowest BCUT2D eigenvalue weighted by Gasteiger charge is -2.10. The molecule has 0 aliphatic heterocycles. The van der Waals surface area contributed by atoms with Crippen molar-refractivity contribution in [2.75, 3.05) is 5.32 Å². The van der Waals surface area contributed by atoms with Crippen molar-refractivity contribution in [1.29, 1.82) is 0 Å².